The number of nitrogens with one attached hydrogen (secondary N) is 3. The molecule has 3 N–H and O–H groups in total. The van der Waals surface area contributed by atoms with Gasteiger partial charge in [0.15, 0.2) is 0 Å². The zero-order chi connectivity index (χ0) is 12.3. The van der Waals surface area contributed by atoms with Crippen LogP contribution in [0.4, 0.5) is 0 Å². The van der Waals surface area contributed by atoms with Crippen LogP contribution in [0.25, 0.3) is 0 Å². The highest BCUT2D eigenvalue weighted by molar-refractivity contribution is 6.02. The van der Waals surface area contributed by atoms with Crippen LogP contribution in [-0.4, -0.2) is 49.6 Å². The fourth-order valence-corrected chi connectivity index (χ4v) is 1.84. The maximum atomic E-state index is 11.8. The third-order valence-electron chi connectivity index (χ3n) is 2.79. The normalized spacial score (nSPS) is 29.6. The monoisotopic (exact) mass is 241 g/mol. The molecule has 0 bridgehead atoms. The van der Waals surface area contributed by atoms with E-state index in [0.717, 1.165) is 0 Å². The van der Waals surface area contributed by atoms with Gasteiger partial charge in [-0.2, -0.15) is 0 Å². The third-order valence-corrected chi connectivity index (χ3v) is 2.79. The Balaban J connectivity index is 1.85. The van der Waals surface area contributed by atoms with Crippen LogP contribution < -0.4 is 16.0 Å². The zero-order valence-corrected chi connectivity index (χ0v) is 9.32. The van der Waals surface area contributed by atoms with Gasteiger partial charge in [0.05, 0.1) is 13.2 Å². The zero-order valence-electron chi connectivity index (χ0n) is 9.32. The van der Waals surface area contributed by atoms with Crippen molar-refractivity contribution in [3.8, 4) is 0 Å². The van der Waals surface area contributed by atoms with E-state index in [1.807, 2.05) is 0 Å². The Morgan fingerprint density at radius 3 is 2.88 bits per heavy atom. The second-order valence-electron chi connectivity index (χ2n) is 4.09. The van der Waals surface area contributed by atoms with Crippen molar-refractivity contribution in [1.82, 2.24) is 16.0 Å². The highest BCUT2D eigenvalue weighted by Crippen LogP contribution is 2.05. The Hall–Kier alpha value is -1.47. The van der Waals surface area contributed by atoms with Gasteiger partial charge in [0.1, 0.15) is 12.1 Å². The summed E-state index contributed by atoms with van der Waals surface area (Å²) in [5, 5.41) is 7.80. The van der Waals surface area contributed by atoms with E-state index in [1.54, 1.807) is 0 Å². The topological polar surface area (TPSA) is 96.5 Å². The summed E-state index contributed by atoms with van der Waals surface area (Å²) in [5.41, 5.74) is 0. The summed E-state index contributed by atoms with van der Waals surface area (Å²) in [4.78, 5) is 34.1. The van der Waals surface area contributed by atoms with Crippen LogP contribution >= 0.6 is 0 Å². The van der Waals surface area contributed by atoms with Gasteiger partial charge in [-0.3, -0.25) is 19.7 Å². The highest BCUT2D eigenvalue weighted by Gasteiger charge is 2.30. The van der Waals surface area contributed by atoms with Gasteiger partial charge in [-0.25, -0.2) is 0 Å². The first kappa shape index (κ1) is 12.0. The molecule has 0 aromatic rings. The highest BCUT2D eigenvalue weighted by atomic mass is 16.5. The molecule has 3 amide bonds. The summed E-state index contributed by atoms with van der Waals surface area (Å²) in [7, 11) is 0. The average molecular weight is 241 g/mol. The Morgan fingerprint density at radius 2 is 2.24 bits per heavy atom. The van der Waals surface area contributed by atoms with Crippen LogP contribution in [0.3, 0.4) is 0 Å². The predicted octanol–water partition coefficient (Wildman–Crippen LogP) is -2.10. The van der Waals surface area contributed by atoms with Gasteiger partial charge < -0.3 is 15.4 Å². The lowest BCUT2D eigenvalue weighted by Crippen LogP contribution is -2.58. The van der Waals surface area contributed by atoms with Crippen molar-refractivity contribution in [1.29, 1.82) is 0 Å². The Kier molecular flexibility index (Phi) is 3.70. The van der Waals surface area contributed by atoms with Gasteiger partial charge in [0, 0.05) is 13.0 Å². The summed E-state index contributed by atoms with van der Waals surface area (Å²) in [6, 6.07) is -1.04. The lowest BCUT2D eigenvalue weighted by atomic mass is 10.1. The molecule has 7 heteroatoms. The lowest BCUT2D eigenvalue weighted by Gasteiger charge is -2.27. The van der Waals surface area contributed by atoms with Crippen molar-refractivity contribution in [3.63, 3.8) is 0 Å². The fourth-order valence-electron chi connectivity index (χ4n) is 1.84. The van der Waals surface area contributed by atoms with Gasteiger partial charge in [-0.1, -0.05) is 0 Å². The number of piperidine rings is 1. The molecule has 2 saturated heterocycles. The molecule has 2 heterocycles. The number of carbonyl (C=O) groups excluding carboxylic acids is 3. The molecule has 2 rings (SSSR count). The lowest BCUT2D eigenvalue weighted by molar-refractivity contribution is -0.138. The van der Waals surface area contributed by atoms with E-state index in [2.05, 4.69) is 16.0 Å². The van der Waals surface area contributed by atoms with Gasteiger partial charge in [0.2, 0.25) is 17.7 Å². The van der Waals surface area contributed by atoms with E-state index >= 15 is 0 Å². The summed E-state index contributed by atoms with van der Waals surface area (Å²) in [5.74, 6) is -0.995. The molecule has 17 heavy (non-hydrogen) atoms. The molecule has 2 aliphatic rings. The van der Waals surface area contributed by atoms with Crippen LogP contribution in [0.15, 0.2) is 0 Å². The molecule has 0 aromatic heterocycles. The van der Waals surface area contributed by atoms with Gasteiger partial charge >= 0.3 is 0 Å². The Bertz CT molecular complexity index is 338. The molecular formula is C10H15N3O4. The van der Waals surface area contributed by atoms with Crippen molar-refractivity contribution in [3.05, 3.63) is 0 Å². The minimum absolute atomic E-state index is 0.255. The van der Waals surface area contributed by atoms with Crippen LogP contribution in [0, 0.1) is 0 Å². The summed E-state index contributed by atoms with van der Waals surface area (Å²) in [6.07, 6.45) is 0.606. The third kappa shape index (κ3) is 3.01. The molecule has 2 atom stereocenters. The molecule has 0 saturated carbocycles. The largest absolute Gasteiger partial charge is 0.378 e. The predicted molar refractivity (Wildman–Crippen MR) is 56.9 cm³/mol. The van der Waals surface area contributed by atoms with E-state index in [0.29, 0.717) is 26.2 Å². The number of amides is 3. The first-order chi connectivity index (χ1) is 8.16. The van der Waals surface area contributed by atoms with Crippen LogP contribution in [0.1, 0.15) is 12.8 Å². The van der Waals surface area contributed by atoms with Crippen molar-refractivity contribution in [2.75, 3.05) is 19.8 Å². The molecule has 2 unspecified atom stereocenters. The quantitative estimate of drug-likeness (QED) is 0.481. The summed E-state index contributed by atoms with van der Waals surface area (Å²) >= 11 is 0. The summed E-state index contributed by atoms with van der Waals surface area (Å²) in [6.45, 7) is 1.51. The van der Waals surface area contributed by atoms with E-state index in [-0.39, 0.29) is 18.2 Å². The van der Waals surface area contributed by atoms with Crippen molar-refractivity contribution in [2.24, 2.45) is 0 Å². The van der Waals surface area contributed by atoms with Crippen LogP contribution in [0.5, 0.6) is 0 Å². The molecule has 7 nitrogen and oxygen atoms in total. The average Bonchev–Trinajstić information content (AvgIpc) is 2.34. The number of morpholine rings is 1. The van der Waals surface area contributed by atoms with Crippen molar-refractivity contribution in [2.45, 2.75) is 24.9 Å². The number of imide groups is 1. The second kappa shape index (κ2) is 5.24. The summed E-state index contributed by atoms with van der Waals surface area (Å²) < 4.78 is 5.16. The fraction of sp³-hybridized carbons (Fsp3) is 0.700. The van der Waals surface area contributed by atoms with E-state index in [4.69, 9.17) is 4.74 Å². The SMILES string of the molecule is O=C1CCC(NC(=O)C2COCCN2)C(=O)N1. The maximum Gasteiger partial charge on any atom is 0.249 e. The smallest absolute Gasteiger partial charge is 0.249 e. The molecule has 2 aliphatic heterocycles. The van der Waals surface area contributed by atoms with E-state index in [9.17, 15) is 14.4 Å². The van der Waals surface area contributed by atoms with Crippen molar-refractivity contribution < 1.29 is 19.1 Å². The molecule has 0 spiro atoms. The van der Waals surface area contributed by atoms with Gasteiger partial charge in [0.25, 0.3) is 0 Å². The molecule has 94 valence electrons. The molecule has 0 aromatic carbocycles. The van der Waals surface area contributed by atoms with Crippen molar-refractivity contribution >= 4 is 17.7 Å². The Morgan fingerprint density at radius 1 is 1.41 bits per heavy atom. The van der Waals surface area contributed by atoms with Gasteiger partial charge in [-0.05, 0) is 6.42 Å². The number of ether oxygens (including phenoxy) is 1. The molecule has 0 radical (unpaired) electrons. The van der Waals surface area contributed by atoms with Gasteiger partial charge in [-0.15, -0.1) is 0 Å². The van der Waals surface area contributed by atoms with E-state index < -0.39 is 18.0 Å². The number of carbonyl (C=O) groups is 3. The number of hydrogen-bond acceptors (Lipinski definition) is 5. The first-order valence-corrected chi connectivity index (χ1v) is 5.62. The standard InChI is InChI=1S/C10H15N3O4/c14-8-2-1-6(9(15)13-8)12-10(16)7-5-17-4-3-11-7/h6-7,11H,1-5H2,(H,12,16)(H,13,14,15). The minimum atomic E-state index is -0.621. The second-order valence-corrected chi connectivity index (χ2v) is 4.09. The maximum absolute atomic E-state index is 11.8. The molecule has 2 fully saturated rings. The molecule has 0 aliphatic carbocycles. The molecular weight excluding hydrogens is 226 g/mol. The number of rotatable bonds is 2. The number of hydrogen-bond donors (Lipinski definition) is 3. The van der Waals surface area contributed by atoms with E-state index in [1.165, 1.54) is 0 Å². The van der Waals surface area contributed by atoms with Crippen LogP contribution in [0.2, 0.25) is 0 Å². The Labute approximate surface area is 98.3 Å². The first-order valence-electron chi connectivity index (χ1n) is 5.62. The minimum Gasteiger partial charge on any atom is -0.378 e. The van der Waals surface area contributed by atoms with Crippen LogP contribution in [-0.2, 0) is 19.1 Å².